The summed E-state index contributed by atoms with van der Waals surface area (Å²) in [6.07, 6.45) is 4.03. The summed E-state index contributed by atoms with van der Waals surface area (Å²) in [5.41, 5.74) is 1.14. The predicted octanol–water partition coefficient (Wildman–Crippen LogP) is 2.66. The molecule has 0 spiro atoms. The summed E-state index contributed by atoms with van der Waals surface area (Å²) < 4.78 is 10.6. The van der Waals surface area contributed by atoms with Gasteiger partial charge in [-0.25, -0.2) is 0 Å². The molecule has 1 aliphatic carbocycles. The normalized spacial score (nSPS) is 24.2. The fourth-order valence-electron chi connectivity index (χ4n) is 2.85. The third kappa shape index (κ3) is 3.44. The zero-order valence-electron chi connectivity index (χ0n) is 12.6. The molecule has 1 unspecified atom stereocenters. The van der Waals surface area contributed by atoms with E-state index in [4.69, 9.17) is 9.47 Å². The number of ether oxygens (including phenoxy) is 2. The second-order valence-corrected chi connectivity index (χ2v) is 5.46. The molecule has 2 rings (SSSR count). The van der Waals surface area contributed by atoms with Crippen molar-refractivity contribution in [3.63, 3.8) is 0 Å². The first-order valence-corrected chi connectivity index (χ1v) is 7.31. The van der Waals surface area contributed by atoms with Gasteiger partial charge in [-0.15, -0.1) is 0 Å². The molecule has 0 heterocycles. The maximum atomic E-state index is 10.0. The molecule has 0 aliphatic heterocycles. The molecular weight excluding hydrogens is 254 g/mol. The van der Waals surface area contributed by atoms with E-state index in [0.29, 0.717) is 0 Å². The Morgan fingerprint density at radius 1 is 1.15 bits per heavy atom. The van der Waals surface area contributed by atoms with Gasteiger partial charge >= 0.3 is 0 Å². The van der Waals surface area contributed by atoms with Crippen LogP contribution in [0.25, 0.3) is 0 Å². The fraction of sp³-hybridized carbons (Fsp3) is 0.625. The number of aliphatic hydroxyl groups is 1. The van der Waals surface area contributed by atoms with Crippen LogP contribution in [0.3, 0.4) is 0 Å². The minimum atomic E-state index is -0.230. The number of benzene rings is 1. The van der Waals surface area contributed by atoms with Crippen LogP contribution in [0, 0.1) is 0 Å². The lowest BCUT2D eigenvalue weighted by Crippen LogP contribution is -2.43. The second-order valence-electron chi connectivity index (χ2n) is 5.46. The smallest absolute Gasteiger partial charge is 0.161 e. The highest BCUT2D eigenvalue weighted by atomic mass is 16.5. The third-order valence-electron chi connectivity index (χ3n) is 4.10. The van der Waals surface area contributed by atoms with Crippen molar-refractivity contribution in [2.75, 3.05) is 14.2 Å². The molecule has 1 aromatic carbocycles. The number of nitrogens with one attached hydrogen (secondary N) is 1. The SMILES string of the molecule is COc1ccc(C(C)N[C@H]2CCCC[C@@H]2O)cc1OC. The van der Waals surface area contributed by atoms with Crippen LogP contribution in [0.2, 0.25) is 0 Å². The van der Waals surface area contributed by atoms with Crippen molar-refractivity contribution in [1.29, 1.82) is 0 Å². The Hall–Kier alpha value is -1.26. The Bertz CT molecular complexity index is 436. The minimum Gasteiger partial charge on any atom is -0.493 e. The van der Waals surface area contributed by atoms with Gasteiger partial charge in [-0.1, -0.05) is 18.9 Å². The first kappa shape index (κ1) is 15.1. The molecule has 112 valence electrons. The van der Waals surface area contributed by atoms with Crippen LogP contribution in [0.15, 0.2) is 18.2 Å². The van der Waals surface area contributed by atoms with Crippen molar-refractivity contribution in [3.05, 3.63) is 23.8 Å². The molecule has 0 bridgehead atoms. The van der Waals surface area contributed by atoms with E-state index in [-0.39, 0.29) is 18.2 Å². The maximum Gasteiger partial charge on any atom is 0.161 e. The van der Waals surface area contributed by atoms with E-state index in [1.165, 1.54) is 6.42 Å². The van der Waals surface area contributed by atoms with E-state index in [1.807, 2.05) is 18.2 Å². The molecule has 4 nitrogen and oxygen atoms in total. The average Bonchev–Trinajstić information content (AvgIpc) is 2.48. The van der Waals surface area contributed by atoms with Gasteiger partial charge in [0.1, 0.15) is 0 Å². The van der Waals surface area contributed by atoms with Crippen LogP contribution in [0.4, 0.5) is 0 Å². The molecule has 0 radical (unpaired) electrons. The summed E-state index contributed by atoms with van der Waals surface area (Å²) in [4.78, 5) is 0. The van der Waals surface area contributed by atoms with E-state index < -0.39 is 0 Å². The van der Waals surface area contributed by atoms with E-state index in [9.17, 15) is 5.11 Å². The number of hydrogen-bond donors (Lipinski definition) is 2. The Kier molecular flexibility index (Phi) is 5.26. The molecule has 0 amide bonds. The monoisotopic (exact) mass is 279 g/mol. The topological polar surface area (TPSA) is 50.7 Å². The lowest BCUT2D eigenvalue weighted by atomic mass is 9.91. The molecule has 2 N–H and O–H groups in total. The number of hydrogen-bond acceptors (Lipinski definition) is 4. The lowest BCUT2D eigenvalue weighted by Gasteiger charge is -2.31. The second kappa shape index (κ2) is 6.95. The van der Waals surface area contributed by atoms with Crippen molar-refractivity contribution in [2.45, 2.75) is 50.8 Å². The van der Waals surface area contributed by atoms with Crippen molar-refractivity contribution in [1.82, 2.24) is 5.32 Å². The average molecular weight is 279 g/mol. The summed E-state index contributed by atoms with van der Waals surface area (Å²) in [7, 11) is 3.28. The van der Waals surface area contributed by atoms with Gasteiger partial charge in [0.05, 0.1) is 20.3 Å². The highest BCUT2D eigenvalue weighted by Crippen LogP contribution is 2.30. The first-order chi connectivity index (χ1) is 9.65. The van der Waals surface area contributed by atoms with Crippen molar-refractivity contribution in [3.8, 4) is 11.5 Å². The Morgan fingerprint density at radius 2 is 1.85 bits per heavy atom. The zero-order valence-corrected chi connectivity index (χ0v) is 12.6. The number of aliphatic hydroxyl groups excluding tert-OH is 1. The number of methoxy groups -OCH3 is 2. The highest BCUT2D eigenvalue weighted by molar-refractivity contribution is 5.43. The molecule has 1 saturated carbocycles. The van der Waals surface area contributed by atoms with E-state index in [2.05, 4.69) is 12.2 Å². The largest absolute Gasteiger partial charge is 0.493 e. The van der Waals surface area contributed by atoms with Crippen LogP contribution in [-0.4, -0.2) is 31.5 Å². The Morgan fingerprint density at radius 3 is 2.50 bits per heavy atom. The minimum absolute atomic E-state index is 0.174. The molecule has 1 aliphatic rings. The van der Waals surface area contributed by atoms with Gasteiger partial charge in [-0.3, -0.25) is 0 Å². The molecule has 1 aromatic rings. The van der Waals surface area contributed by atoms with Crippen LogP contribution in [0.5, 0.6) is 11.5 Å². The van der Waals surface area contributed by atoms with Crippen LogP contribution < -0.4 is 14.8 Å². The van der Waals surface area contributed by atoms with Gasteiger partial charge < -0.3 is 19.9 Å². The zero-order chi connectivity index (χ0) is 14.5. The van der Waals surface area contributed by atoms with E-state index in [1.54, 1.807) is 14.2 Å². The van der Waals surface area contributed by atoms with Crippen LogP contribution in [0.1, 0.15) is 44.2 Å². The summed E-state index contributed by atoms with van der Waals surface area (Å²) in [5, 5.41) is 13.6. The molecule has 20 heavy (non-hydrogen) atoms. The van der Waals surface area contributed by atoms with E-state index >= 15 is 0 Å². The fourth-order valence-corrected chi connectivity index (χ4v) is 2.85. The standard InChI is InChI=1S/C16H25NO3/c1-11(17-13-6-4-5-7-14(13)18)12-8-9-15(19-2)16(10-12)20-3/h8-11,13-14,17-18H,4-7H2,1-3H3/t11?,13-,14-/m0/s1. The van der Waals surface area contributed by atoms with Crippen molar-refractivity contribution in [2.24, 2.45) is 0 Å². The van der Waals surface area contributed by atoms with Crippen molar-refractivity contribution < 1.29 is 14.6 Å². The van der Waals surface area contributed by atoms with Gasteiger partial charge in [0.15, 0.2) is 11.5 Å². The van der Waals surface area contributed by atoms with E-state index in [0.717, 1.165) is 36.3 Å². The predicted molar refractivity (Wildman–Crippen MR) is 79.4 cm³/mol. The lowest BCUT2D eigenvalue weighted by molar-refractivity contribution is 0.0859. The van der Waals surface area contributed by atoms with Gasteiger partial charge in [0.2, 0.25) is 0 Å². The van der Waals surface area contributed by atoms with Gasteiger partial charge in [-0.05, 0) is 37.5 Å². The highest BCUT2D eigenvalue weighted by Gasteiger charge is 2.24. The summed E-state index contributed by atoms with van der Waals surface area (Å²) >= 11 is 0. The van der Waals surface area contributed by atoms with Gasteiger partial charge in [0.25, 0.3) is 0 Å². The molecule has 0 aromatic heterocycles. The Labute approximate surface area is 121 Å². The van der Waals surface area contributed by atoms with Gasteiger partial charge in [0, 0.05) is 12.1 Å². The summed E-state index contributed by atoms with van der Waals surface area (Å²) in [6, 6.07) is 6.31. The van der Waals surface area contributed by atoms with Crippen LogP contribution >= 0.6 is 0 Å². The number of rotatable bonds is 5. The third-order valence-corrected chi connectivity index (χ3v) is 4.10. The molecular formula is C16H25NO3. The summed E-state index contributed by atoms with van der Waals surface area (Å²) in [6.45, 7) is 2.11. The van der Waals surface area contributed by atoms with Gasteiger partial charge in [-0.2, -0.15) is 0 Å². The summed E-state index contributed by atoms with van der Waals surface area (Å²) in [5.74, 6) is 1.48. The molecule has 3 atom stereocenters. The maximum absolute atomic E-state index is 10.0. The van der Waals surface area contributed by atoms with Crippen LogP contribution in [-0.2, 0) is 0 Å². The van der Waals surface area contributed by atoms with Crippen molar-refractivity contribution >= 4 is 0 Å². The molecule has 1 fully saturated rings. The quantitative estimate of drug-likeness (QED) is 0.870. The molecule has 0 saturated heterocycles. The molecule has 4 heteroatoms. The first-order valence-electron chi connectivity index (χ1n) is 7.31. The Balaban J connectivity index is 2.06.